The highest BCUT2D eigenvalue weighted by Crippen LogP contribution is 2.06. The molecule has 0 aliphatic rings. The topological polar surface area (TPSA) is 86.5 Å². The molecule has 1 atom stereocenters. The van der Waals surface area contributed by atoms with Gasteiger partial charge in [-0.25, -0.2) is 0 Å². The lowest BCUT2D eigenvalue weighted by molar-refractivity contribution is 0.0918. The molecule has 1 aromatic rings. The zero-order chi connectivity index (χ0) is 8.97. The first-order chi connectivity index (χ1) is 5.77. The third-order valence-corrected chi connectivity index (χ3v) is 1.40. The molecule has 0 amide bonds. The second-order valence-electron chi connectivity index (χ2n) is 2.29. The first kappa shape index (κ1) is 9.05. The maximum Gasteiger partial charge on any atom is 0.120 e. The Balaban J connectivity index is 2.77. The van der Waals surface area contributed by atoms with Crippen LogP contribution in [0.5, 0.6) is 0 Å². The third-order valence-electron chi connectivity index (χ3n) is 1.40. The van der Waals surface area contributed by atoms with Crippen LogP contribution in [0.1, 0.15) is 17.5 Å². The number of hydrogen-bond donors (Lipinski definition) is 3. The van der Waals surface area contributed by atoms with E-state index in [4.69, 9.17) is 15.3 Å². The number of aliphatic hydroxyl groups is 3. The predicted octanol–water partition coefficient (Wildman–Crippen LogP) is -1.01. The zero-order valence-electron chi connectivity index (χ0n) is 6.38. The van der Waals surface area contributed by atoms with Crippen molar-refractivity contribution in [3.63, 3.8) is 0 Å². The molecule has 1 rings (SSSR count). The van der Waals surface area contributed by atoms with Gasteiger partial charge in [-0.2, -0.15) is 0 Å². The largest absolute Gasteiger partial charge is 0.393 e. The van der Waals surface area contributed by atoms with Gasteiger partial charge in [0, 0.05) is 0 Å². The van der Waals surface area contributed by atoms with Crippen LogP contribution in [0.15, 0.2) is 12.4 Å². The van der Waals surface area contributed by atoms with E-state index in [9.17, 15) is 0 Å². The number of rotatable bonds is 3. The fourth-order valence-corrected chi connectivity index (χ4v) is 0.712. The monoisotopic (exact) mass is 170 g/mol. The summed E-state index contributed by atoms with van der Waals surface area (Å²) in [6.45, 7) is -0.560. The molecule has 0 bridgehead atoms. The molecule has 5 nitrogen and oxygen atoms in total. The summed E-state index contributed by atoms with van der Waals surface area (Å²) in [6.07, 6.45) is 1.69. The van der Waals surface area contributed by atoms with E-state index in [1.54, 1.807) is 0 Å². The first-order valence-corrected chi connectivity index (χ1v) is 3.48. The van der Waals surface area contributed by atoms with Crippen LogP contribution in [0.4, 0.5) is 0 Å². The molecule has 0 spiro atoms. The maximum atomic E-state index is 9.08. The summed E-state index contributed by atoms with van der Waals surface area (Å²) < 4.78 is 0. The number of nitrogens with zero attached hydrogens (tertiary/aromatic N) is 2. The van der Waals surface area contributed by atoms with Crippen molar-refractivity contribution in [2.45, 2.75) is 12.7 Å². The summed E-state index contributed by atoms with van der Waals surface area (Å²) in [4.78, 5) is 7.57. The lowest BCUT2D eigenvalue weighted by Crippen LogP contribution is -2.06. The average molecular weight is 170 g/mol. The quantitative estimate of drug-likeness (QED) is 0.541. The second kappa shape index (κ2) is 4.10. The Kier molecular flexibility index (Phi) is 3.09. The molecule has 12 heavy (non-hydrogen) atoms. The first-order valence-electron chi connectivity index (χ1n) is 3.48. The second-order valence-corrected chi connectivity index (χ2v) is 2.29. The van der Waals surface area contributed by atoms with E-state index in [0.717, 1.165) is 0 Å². The lowest BCUT2D eigenvalue weighted by atomic mass is 10.3. The smallest absolute Gasteiger partial charge is 0.120 e. The van der Waals surface area contributed by atoms with Crippen LogP contribution in [0.2, 0.25) is 0 Å². The summed E-state index contributed by atoms with van der Waals surface area (Å²) in [5, 5.41) is 26.2. The number of aliphatic hydroxyl groups excluding tert-OH is 3. The predicted molar refractivity (Wildman–Crippen MR) is 40.0 cm³/mol. The van der Waals surface area contributed by atoms with Gasteiger partial charge in [0.25, 0.3) is 0 Å². The van der Waals surface area contributed by atoms with Crippen molar-refractivity contribution in [2.75, 3.05) is 6.61 Å². The van der Waals surface area contributed by atoms with Gasteiger partial charge >= 0.3 is 0 Å². The Bertz CT molecular complexity index is 237. The molecule has 0 fully saturated rings. The molecular weight excluding hydrogens is 160 g/mol. The van der Waals surface area contributed by atoms with Crippen LogP contribution in [0, 0.1) is 0 Å². The molecule has 1 unspecified atom stereocenters. The standard InChI is InChI=1S/C7H10N2O3/c10-3-5-1-9-6(2-8-5)7(12)4-11/h1-2,7,10-12H,3-4H2. The molecule has 0 aliphatic carbocycles. The van der Waals surface area contributed by atoms with Gasteiger partial charge in [0.1, 0.15) is 6.10 Å². The highest BCUT2D eigenvalue weighted by molar-refractivity contribution is 5.04. The minimum atomic E-state index is -0.995. The minimum absolute atomic E-state index is 0.178. The zero-order valence-corrected chi connectivity index (χ0v) is 6.38. The van der Waals surface area contributed by atoms with Gasteiger partial charge in [-0.1, -0.05) is 0 Å². The van der Waals surface area contributed by atoms with Gasteiger partial charge in [-0.3, -0.25) is 9.97 Å². The molecule has 1 aromatic heterocycles. The van der Waals surface area contributed by atoms with Crippen molar-refractivity contribution in [3.8, 4) is 0 Å². The average Bonchev–Trinajstić information content (AvgIpc) is 2.17. The Morgan fingerprint density at radius 1 is 1.25 bits per heavy atom. The number of aromatic nitrogens is 2. The van der Waals surface area contributed by atoms with Crippen molar-refractivity contribution in [1.29, 1.82) is 0 Å². The molecule has 0 saturated heterocycles. The van der Waals surface area contributed by atoms with E-state index in [0.29, 0.717) is 11.4 Å². The molecule has 0 aromatic carbocycles. The molecule has 5 heteroatoms. The Morgan fingerprint density at radius 3 is 2.42 bits per heavy atom. The van der Waals surface area contributed by atoms with E-state index in [2.05, 4.69) is 9.97 Å². The van der Waals surface area contributed by atoms with Gasteiger partial charge in [-0.05, 0) is 0 Å². The summed E-state index contributed by atoms with van der Waals surface area (Å²) in [7, 11) is 0. The Labute approximate surface area is 69.3 Å². The Hall–Kier alpha value is -1.04. The fraction of sp³-hybridized carbons (Fsp3) is 0.429. The van der Waals surface area contributed by atoms with E-state index >= 15 is 0 Å². The molecule has 0 radical (unpaired) electrons. The van der Waals surface area contributed by atoms with E-state index < -0.39 is 6.10 Å². The van der Waals surface area contributed by atoms with Gasteiger partial charge in [0.15, 0.2) is 0 Å². The molecular formula is C7H10N2O3. The molecule has 3 N–H and O–H groups in total. The summed E-state index contributed by atoms with van der Waals surface area (Å²) >= 11 is 0. The maximum absolute atomic E-state index is 9.08. The van der Waals surface area contributed by atoms with Crippen LogP contribution in [0.25, 0.3) is 0 Å². The fourth-order valence-electron chi connectivity index (χ4n) is 0.712. The van der Waals surface area contributed by atoms with Crippen LogP contribution in [-0.2, 0) is 6.61 Å². The van der Waals surface area contributed by atoms with Gasteiger partial charge < -0.3 is 15.3 Å². The summed E-state index contributed by atoms with van der Waals surface area (Å²) in [5.74, 6) is 0. The van der Waals surface area contributed by atoms with Crippen LogP contribution in [-0.4, -0.2) is 31.9 Å². The van der Waals surface area contributed by atoms with Gasteiger partial charge in [0.2, 0.25) is 0 Å². The number of hydrogen-bond acceptors (Lipinski definition) is 5. The van der Waals surface area contributed by atoms with E-state index in [-0.39, 0.29) is 13.2 Å². The molecule has 1 heterocycles. The summed E-state index contributed by atoms with van der Waals surface area (Å²) in [5.41, 5.74) is 0.735. The normalized spacial score (nSPS) is 12.9. The van der Waals surface area contributed by atoms with Crippen molar-refractivity contribution >= 4 is 0 Å². The molecule has 0 aliphatic heterocycles. The minimum Gasteiger partial charge on any atom is -0.393 e. The van der Waals surface area contributed by atoms with Gasteiger partial charge in [0.05, 0.1) is 37.0 Å². The van der Waals surface area contributed by atoms with Crippen molar-refractivity contribution in [1.82, 2.24) is 9.97 Å². The van der Waals surface area contributed by atoms with Crippen LogP contribution >= 0.6 is 0 Å². The van der Waals surface area contributed by atoms with Crippen LogP contribution in [0.3, 0.4) is 0 Å². The highest BCUT2D eigenvalue weighted by Gasteiger charge is 2.06. The molecule has 66 valence electrons. The van der Waals surface area contributed by atoms with E-state index in [1.807, 2.05) is 0 Å². The van der Waals surface area contributed by atoms with Crippen molar-refractivity contribution in [3.05, 3.63) is 23.8 Å². The molecule has 0 saturated carbocycles. The van der Waals surface area contributed by atoms with Gasteiger partial charge in [-0.15, -0.1) is 0 Å². The van der Waals surface area contributed by atoms with Crippen molar-refractivity contribution in [2.24, 2.45) is 0 Å². The van der Waals surface area contributed by atoms with E-state index in [1.165, 1.54) is 12.4 Å². The summed E-state index contributed by atoms with van der Waals surface area (Å²) in [6, 6.07) is 0. The third kappa shape index (κ3) is 1.97. The Morgan fingerprint density at radius 2 is 2.00 bits per heavy atom. The van der Waals surface area contributed by atoms with Crippen LogP contribution < -0.4 is 0 Å². The van der Waals surface area contributed by atoms with Crippen molar-refractivity contribution < 1.29 is 15.3 Å². The lowest BCUT2D eigenvalue weighted by Gasteiger charge is -2.05. The highest BCUT2D eigenvalue weighted by atomic mass is 16.3. The SMILES string of the molecule is OCc1cnc(C(O)CO)cn1.